The molecule has 0 spiro atoms. The molecule has 6 heteroatoms. The van der Waals surface area contributed by atoms with E-state index >= 15 is 0 Å². The lowest BCUT2D eigenvalue weighted by molar-refractivity contribution is 0.376. The quantitative estimate of drug-likeness (QED) is 0.676. The fourth-order valence-electron chi connectivity index (χ4n) is 2.47. The standard InChI is InChI=1S/C18H20N5O/c1-23(2,15-9-5-4-6-10-15)13-17-19-21-18(22-20-17)14-8-7-11-16(12-14)24-3/h4-12H,13H2,1-3H3/q+1. The first-order valence-electron chi connectivity index (χ1n) is 7.68. The van der Waals surface area contributed by atoms with Gasteiger partial charge in [0.2, 0.25) is 11.6 Å². The summed E-state index contributed by atoms with van der Waals surface area (Å²) in [6.45, 7) is 0.613. The minimum Gasteiger partial charge on any atom is -0.497 e. The van der Waals surface area contributed by atoms with Crippen molar-refractivity contribution in [3.8, 4) is 17.1 Å². The van der Waals surface area contributed by atoms with Crippen LogP contribution in [0.25, 0.3) is 11.4 Å². The number of rotatable bonds is 5. The second kappa shape index (κ2) is 6.72. The van der Waals surface area contributed by atoms with Crippen LogP contribution in [0.15, 0.2) is 54.6 Å². The summed E-state index contributed by atoms with van der Waals surface area (Å²) >= 11 is 0. The zero-order chi connectivity index (χ0) is 17.0. The number of quaternary nitrogens is 1. The number of hydrogen-bond donors (Lipinski definition) is 0. The van der Waals surface area contributed by atoms with Crippen molar-refractivity contribution < 1.29 is 4.74 Å². The summed E-state index contributed by atoms with van der Waals surface area (Å²) in [7, 11) is 5.84. The average molecular weight is 322 g/mol. The van der Waals surface area contributed by atoms with Crippen molar-refractivity contribution in [1.82, 2.24) is 24.9 Å². The van der Waals surface area contributed by atoms with Gasteiger partial charge in [-0.2, -0.15) is 0 Å². The zero-order valence-electron chi connectivity index (χ0n) is 14.0. The van der Waals surface area contributed by atoms with Crippen LogP contribution >= 0.6 is 0 Å². The monoisotopic (exact) mass is 322 g/mol. The summed E-state index contributed by atoms with van der Waals surface area (Å²) in [5.41, 5.74) is 2.01. The molecule has 0 aliphatic carbocycles. The predicted molar refractivity (Wildman–Crippen MR) is 93.4 cm³/mol. The van der Waals surface area contributed by atoms with E-state index in [2.05, 4.69) is 46.6 Å². The molecule has 0 aliphatic rings. The Labute approximate surface area is 141 Å². The van der Waals surface area contributed by atoms with Crippen molar-refractivity contribution in [2.24, 2.45) is 0 Å². The van der Waals surface area contributed by atoms with E-state index in [1.54, 1.807) is 7.11 Å². The third-order valence-corrected chi connectivity index (χ3v) is 3.84. The summed E-state index contributed by atoms with van der Waals surface area (Å²) in [6.07, 6.45) is 0. The predicted octanol–water partition coefficient (Wildman–Crippen LogP) is 2.71. The number of para-hydroxylation sites is 1. The highest BCUT2D eigenvalue weighted by Crippen LogP contribution is 2.21. The summed E-state index contributed by atoms with van der Waals surface area (Å²) in [5.74, 6) is 1.85. The van der Waals surface area contributed by atoms with Crippen molar-refractivity contribution in [2.75, 3.05) is 21.2 Å². The summed E-state index contributed by atoms with van der Waals surface area (Å²) in [5, 5.41) is 16.9. The maximum absolute atomic E-state index is 5.22. The maximum Gasteiger partial charge on any atom is 0.227 e. The van der Waals surface area contributed by atoms with Gasteiger partial charge in [-0.15, -0.1) is 20.4 Å². The average Bonchev–Trinajstić information content (AvgIpc) is 2.63. The Kier molecular flexibility index (Phi) is 4.48. The Morgan fingerprint density at radius 1 is 0.875 bits per heavy atom. The first-order chi connectivity index (χ1) is 11.6. The molecule has 0 atom stereocenters. The van der Waals surface area contributed by atoms with Crippen molar-refractivity contribution >= 4 is 5.69 Å². The lowest BCUT2D eigenvalue weighted by Gasteiger charge is -2.27. The van der Waals surface area contributed by atoms with Gasteiger partial charge in [-0.3, -0.25) is 4.48 Å². The fourth-order valence-corrected chi connectivity index (χ4v) is 2.47. The van der Waals surface area contributed by atoms with Gasteiger partial charge >= 0.3 is 0 Å². The Balaban J connectivity index is 1.79. The molecule has 0 unspecified atom stereocenters. The van der Waals surface area contributed by atoms with Crippen LogP contribution < -0.4 is 9.22 Å². The van der Waals surface area contributed by atoms with Crippen molar-refractivity contribution in [1.29, 1.82) is 0 Å². The van der Waals surface area contributed by atoms with Gasteiger partial charge in [0.25, 0.3) is 0 Å². The summed E-state index contributed by atoms with van der Waals surface area (Å²) < 4.78 is 5.84. The first kappa shape index (κ1) is 16.0. The molecule has 0 amide bonds. The SMILES string of the molecule is COc1cccc(-c2nnc(C[N+](C)(C)c3ccccc3)nn2)c1. The van der Waals surface area contributed by atoms with Crippen LogP contribution in [0.3, 0.4) is 0 Å². The smallest absolute Gasteiger partial charge is 0.227 e. The van der Waals surface area contributed by atoms with E-state index in [1.807, 2.05) is 42.5 Å². The van der Waals surface area contributed by atoms with Gasteiger partial charge < -0.3 is 4.74 Å². The Morgan fingerprint density at radius 2 is 1.58 bits per heavy atom. The summed E-state index contributed by atoms with van der Waals surface area (Å²) in [4.78, 5) is 0. The first-order valence-corrected chi connectivity index (χ1v) is 7.68. The van der Waals surface area contributed by atoms with Gasteiger partial charge in [0.05, 0.1) is 21.2 Å². The number of nitrogens with zero attached hydrogens (tertiary/aromatic N) is 5. The van der Waals surface area contributed by atoms with Gasteiger partial charge in [0.1, 0.15) is 18.0 Å². The minimum absolute atomic E-state index is 0.489. The third kappa shape index (κ3) is 3.55. The molecule has 0 N–H and O–H groups in total. The van der Waals surface area contributed by atoms with E-state index in [0.717, 1.165) is 11.3 Å². The molecule has 1 heterocycles. The third-order valence-electron chi connectivity index (χ3n) is 3.84. The minimum atomic E-state index is 0.489. The van der Waals surface area contributed by atoms with Gasteiger partial charge in [-0.05, 0) is 24.3 Å². The van der Waals surface area contributed by atoms with E-state index in [-0.39, 0.29) is 0 Å². The van der Waals surface area contributed by atoms with Crippen LogP contribution in [-0.4, -0.2) is 41.6 Å². The maximum atomic E-state index is 5.22. The van der Waals surface area contributed by atoms with E-state index < -0.39 is 0 Å². The van der Waals surface area contributed by atoms with Gasteiger partial charge in [0, 0.05) is 5.56 Å². The van der Waals surface area contributed by atoms with Crippen molar-refractivity contribution in [2.45, 2.75) is 6.54 Å². The summed E-state index contributed by atoms with van der Waals surface area (Å²) in [6, 6.07) is 17.8. The molecule has 122 valence electrons. The van der Waals surface area contributed by atoms with Crippen molar-refractivity contribution in [3.05, 3.63) is 60.4 Å². The second-order valence-corrected chi connectivity index (χ2v) is 6.05. The highest BCUT2D eigenvalue weighted by molar-refractivity contribution is 5.56. The van der Waals surface area contributed by atoms with Gasteiger partial charge in [-0.1, -0.05) is 30.3 Å². The lowest BCUT2D eigenvalue weighted by atomic mass is 10.2. The normalized spacial score (nSPS) is 11.3. The van der Waals surface area contributed by atoms with Crippen LogP contribution in [0, 0.1) is 0 Å². The van der Waals surface area contributed by atoms with E-state index in [0.29, 0.717) is 22.7 Å². The zero-order valence-corrected chi connectivity index (χ0v) is 14.0. The Morgan fingerprint density at radius 3 is 2.25 bits per heavy atom. The molecule has 0 aliphatic heterocycles. The molecular formula is C18H20N5O+. The number of hydrogen-bond acceptors (Lipinski definition) is 5. The molecule has 0 fully saturated rings. The van der Waals surface area contributed by atoms with Crippen LogP contribution in [0.1, 0.15) is 5.82 Å². The second-order valence-electron chi connectivity index (χ2n) is 6.05. The Bertz CT molecular complexity index is 803. The molecule has 3 rings (SSSR count). The van der Waals surface area contributed by atoms with Crippen LogP contribution in [0.2, 0.25) is 0 Å². The van der Waals surface area contributed by atoms with E-state index in [9.17, 15) is 0 Å². The lowest BCUT2D eigenvalue weighted by Crippen LogP contribution is -2.40. The highest BCUT2D eigenvalue weighted by atomic mass is 16.5. The number of benzene rings is 2. The number of ether oxygens (including phenoxy) is 1. The molecular weight excluding hydrogens is 302 g/mol. The number of aromatic nitrogens is 4. The fraction of sp³-hybridized carbons (Fsp3) is 0.222. The largest absolute Gasteiger partial charge is 0.497 e. The van der Waals surface area contributed by atoms with Crippen molar-refractivity contribution in [3.63, 3.8) is 0 Å². The molecule has 6 nitrogen and oxygen atoms in total. The number of methoxy groups -OCH3 is 1. The molecule has 2 aromatic carbocycles. The highest BCUT2D eigenvalue weighted by Gasteiger charge is 2.21. The van der Waals surface area contributed by atoms with Crippen LogP contribution in [-0.2, 0) is 6.54 Å². The van der Waals surface area contributed by atoms with Gasteiger partial charge in [-0.25, -0.2) is 0 Å². The van der Waals surface area contributed by atoms with E-state index in [4.69, 9.17) is 4.74 Å². The molecule has 0 saturated heterocycles. The molecule has 0 bridgehead atoms. The molecule has 24 heavy (non-hydrogen) atoms. The van der Waals surface area contributed by atoms with Crippen LogP contribution in [0.4, 0.5) is 5.69 Å². The van der Waals surface area contributed by atoms with Crippen LogP contribution in [0.5, 0.6) is 5.75 Å². The molecule has 0 radical (unpaired) electrons. The van der Waals surface area contributed by atoms with Gasteiger partial charge in [0.15, 0.2) is 0 Å². The topological polar surface area (TPSA) is 60.8 Å². The molecule has 3 aromatic rings. The Hall–Kier alpha value is -2.86. The molecule has 0 saturated carbocycles. The van der Waals surface area contributed by atoms with E-state index in [1.165, 1.54) is 5.69 Å². The molecule has 1 aromatic heterocycles.